The van der Waals surface area contributed by atoms with E-state index in [1.807, 2.05) is 12.3 Å². The number of aromatic nitrogens is 5. The Labute approximate surface area is 125 Å². The molecule has 2 N–H and O–H groups in total. The summed E-state index contributed by atoms with van der Waals surface area (Å²) < 4.78 is 5.21. The molecular weight excluding hydrogens is 288 g/mol. The summed E-state index contributed by atoms with van der Waals surface area (Å²) in [5.41, 5.74) is 7.58. The van der Waals surface area contributed by atoms with Crippen molar-refractivity contribution >= 4 is 16.5 Å². The summed E-state index contributed by atoms with van der Waals surface area (Å²) in [7, 11) is 0. The van der Waals surface area contributed by atoms with Crippen molar-refractivity contribution in [3.05, 3.63) is 34.9 Å². The molecule has 3 heterocycles. The lowest BCUT2D eigenvalue weighted by Gasteiger charge is -1.94. The molecule has 0 saturated heterocycles. The number of aryl methyl sites for hydroxylation is 3. The Bertz CT molecular complexity index is 720. The van der Waals surface area contributed by atoms with Crippen LogP contribution in [-0.4, -0.2) is 25.1 Å². The molecule has 3 rings (SSSR count). The predicted molar refractivity (Wildman–Crippen MR) is 78.6 cm³/mol. The van der Waals surface area contributed by atoms with Gasteiger partial charge >= 0.3 is 0 Å². The third kappa shape index (κ3) is 3.40. The van der Waals surface area contributed by atoms with Crippen molar-refractivity contribution in [1.82, 2.24) is 25.1 Å². The minimum Gasteiger partial charge on any atom is -0.375 e. The topological polar surface area (TPSA) is 104 Å². The van der Waals surface area contributed by atoms with Gasteiger partial charge in [-0.25, -0.2) is 15.0 Å². The number of nitrogens with zero attached hydrogens (tertiary/aromatic N) is 5. The summed E-state index contributed by atoms with van der Waals surface area (Å²) in [6, 6.07) is 0. The minimum absolute atomic E-state index is 0.419. The smallest absolute Gasteiger partial charge is 0.240 e. The van der Waals surface area contributed by atoms with E-state index in [0.717, 1.165) is 24.1 Å². The maximum absolute atomic E-state index is 5.59. The highest BCUT2D eigenvalue weighted by Crippen LogP contribution is 2.15. The van der Waals surface area contributed by atoms with Gasteiger partial charge in [0.15, 0.2) is 5.13 Å². The van der Waals surface area contributed by atoms with E-state index in [4.69, 9.17) is 10.3 Å². The fourth-order valence-electron chi connectivity index (χ4n) is 1.81. The summed E-state index contributed by atoms with van der Waals surface area (Å²) in [6.07, 6.45) is 5.86. The number of hydrogen-bond donors (Lipinski definition) is 1. The molecule has 3 aromatic rings. The number of nitrogen functional groups attached to an aromatic ring is 1. The second kappa shape index (κ2) is 5.96. The van der Waals surface area contributed by atoms with Gasteiger partial charge < -0.3 is 10.3 Å². The van der Waals surface area contributed by atoms with Crippen LogP contribution in [0.25, 0.3) is 11.6 Å². The summed E-state index contributed by atoms with van der Waals surface area (Å²) in [5, 5.41) is 6.47. The van der Waals surface area contributed by atoms with Crippen LogP contribution in [0.4, 0.5) is 5.13 Å². The van der Waals surface area contributed by atoms with Crippen molar-refractivity contribution in [2.24, 2.45) is 0 Å². The predicted octanol–water partition coefficient (Wildman–Crippen LogP) is 2.05. The minimum atomic E-state index is 0.419. The van der Waals surface area contributed by atoms with Gasteiger partial charge in [-0.05, 0) is 25.3 Å². The van der Waals surface area contributed by atoms with Crippen LogP contribution in [0.5, 0.6) is 0 Å². The first-order valence-corrected chi connectivity index (χ1v) is 7.40. The molecule has 0 saturated carbocycles. The molecule has 0 aliphatic carbocycles. The zero-order chi connectivity index (χ0) is 14.7. The van der Waals surface area contributed by atoms with Crippen molar-refractivity contribution in [2.45, 2.75) is 26.2 Å². The highest BCUT2D eigenvalue weighted by Gasteiger charge is 2.11. The molecule has 108 valence electrons. The molecule has 0 aliphatic heterocycles. The van der Waals surface area contributed by atoms with Crippen LogP contribution >= 0.6 is 11.3 Å². The number of nitrogens with two attached hydrogens (primary N) is 1. The fourth-order valence-corrected chi connectivity index (χ4v) is 2.41. The molecule has 0 radical (unpaired) electrons. The molecule has 0 fully saturated rings. The van der Waals surface area contributed by atoms with Crippen LogP contribution in [-0.2, 0) is 12.8 Å². The fraction of sp³-hybridized carbons (Fsp3) is 0.308. The Hall–Kier alpha value is -2.35. The highest BCUT2D eigenvalue weighted by molar-refractivity contribution is 7.13. The lowest BCUT2D eigenvalue weighted by Crippen LogP contribution is -1.93. The number of rotatable bonds is 5. The average molecular weight is 302 g/mol. The van der Waals surface area contributed by atoms with Gasteiger partial charge in [-0.15, -0.1) is 11.3 Å². The summed E-state index contributed by atoms with van der Waals surface area (Å²) >= 11 is 1.45. The first-order chi connectivity index (χ1) is 10.2. The van der Waals surface area contributed by atoms with E-state index in [9.17, 15) is 0 Å². The molecule has 0 aliphatic rings. The van der Waals surface area contributed by atoms with E-state index >= 15 is 0 Å². The van der Waals surface area contributed by atoms with Gasteiger partial charge in [0.05, 0.1) is 5.69 Å². The van der Waals surface area contributed by atoms with Gasteiger partial charge in [0.1, 0.15) is 0 Å². The quantitative estimate of drug-likeness (QED) is 0.769. The third-order valence-corrected chi connectivity index (χ3v) is 3.56. The molecule has 0 atom stereocenters. The second-order valence-electron chi connectivity index (χ2n) is 4.63. The Morgan fingerprint density at radius 3 is 2.67 bits per heavy atom. The number of thiazole rings is 1. The monoisotopic (exact) mass is 302 g/mol. The van der Waals surface area contributed by atoms with Crippen LogP contribution in [0.15, 0.2) is 22.3 Å². The normalized spacial score (nSPS) is 10.9. The first kappa shape index (κ1) is 13.6. The highest BCUT2D eigenvalue weighted by atomic mass is 32.1. The lowest BCUT2D eigenvalue weighted by molar-refractivity contribution is 0.375. The van der Waals surface area contributed by atoms with Gasteiger partial charge in [0.2, 0.25) is 17.5 Å². The molecule has 0 amide bonds. The number of anilines is 1. The zero-order valence-electron chi connectivity index (χ0n) is 11.5. The molecule has 21 heavy (non-hydrogen) atoms. The maximum atomic E-state index is 5.59. The first-order valence-electron chi connectivity index (χ1n) is 6.52. The summed E-state index contributed by atoms with van der Waals surface area (Å²) in [6.45, 7) is 1.93. The van der Waals surface area contributed by atoms with E-state index in [1.54, 1.807) is 12.4 Å². The Morgan fingerprint density at radius 1 is 1.14 bits per heavy atom. The van der Waals surface area contributed by atoms with Crippen LogP contribution in [0.1, 0.15) is 23.6 Å². The SMILES string of the molecule is Cc1cnc(-c2noc(CCCc3csc(N)n3)n2)nc1. The standard InChI is InChI=1S/C13H14N6OS/c1-8-5-15-11(16-6-8)12-18-10(20-19-12)4-2-3-9-7-21-13(14)17-9/h5-7H,2-4H2,1H3,(H2,14,17). The molecular formula is C13H14N6OS. The summed E-state index contributed by atoms with van der Waals surface area (Å²) in [5.74, 6) is 1.48. The van der Waals surface area contributed by atoms with Crippen molar-refractivity contribution in [3.8, 4) is 11.6 Å². The van der Waals surface area contributed by atoms with Gasteiger partial charge in [-0.1, -0.05) is 5.16 Å². The van der Waals surface area contributed by atoms with E-state index < -0.39 is 0 Å². The second-order valence-corrected chi connectivity index (χ2v) is 5.52. The third-order valence-electron chi connectivity index (χ3n) is 2.84. The zero-order valence-corrected chi connectivity index (χ0v) is 12.3. The Kier molecular flexibility index (Phi) is 3.87. The van der Waals surface area contributed by atoms with Gasteiger partial charge in [0, 0.05) is 24.2 Å². The van der Waals surface area contributed by atoms with Crippen LogP contribution in [0, 0.1) is 6.92 Å². The van der Waals surface area contributed by atoms with Gasteiger partial charge in [-0.2, -0.15) is 4.98 Å². The molecule has 0 unspecified atom stereocenters. The van der Waals surface area contributed by atoms with E-state index in [0.29, 0.717) is 29.1 Å². The van der Waals surface area contributed by atoms with Gasteiger partial charge in [0.25, 0.3) is 0 Å². The number of hydrogen-bond acceptors (Lipinski definition) is 8. The summed E-state index contributed by atoms with van der Waals surface area (Å²) in [4.78, 5) is 16.9. The molecule has 0 bridgehead atoms. The van der Waals surface area contributed by atoms with E-state index in [1.165, 1.54) is 11.3 Å². The average Bonchev–Trinajstić information content (AvgIpc) is 3.09. The van der Waals surface area contributed by atoms with Crippen LogP contribution in [0.3, 0.4) is 0 Å². The molecule has 7 nitrogen and oxygen atoms in total. The Morgan fingerprint density at radius 2 is 1.95 bits per heavy atom. The van der Waals surface area contributed by atoms with Crippen molar-refractivity contribution in [2.75, 3.05) is 5.73 Å². The van der Waals surface area contributed by atoms with E-state index in [2.05, 4.69) is 25.1 Å². The molecule has 8 heteroatoms. The molecule has 3 aromatic heterocycles. The lowest BCUT2D eigenvalue weighted by atomic mass is 10.2. The largest absolute Gasteiger partial charge is 0.375 e. The van der Waals surface area contributed by atoms with Gasteiger partial charge in [-0.3, -0.25) is 0 Å². The van der Waals surface area contributed by atoms with Crippen LogP contribution < -0.4 is 5.73 Å². The Balaban J connectivity index is 1.59. The van der Waals surface area contributed by atoms with Crippen LogP contribution in [0.2, 0.25) is 0 Å². The molecule has 0 spiro atoms. The molecule has 0 aromatic carbocycles. The van der Waals surface area contributed by atoms with Crippen molar-refractivity contribution in [3.63, 3.8) is 0 Å². The van der Waals surface area contributed by atoms with Crippen molar-refractivity contribution < 1.29 is 4.52 Å². The maximum Gasteiger partial charge on any atom is 0.240 e. The van der Waals surface area contributed by atoms with Crippen molar-refractivity contribution in [1.29, 1.82) is 0 Å². The van der Waals surface area contributed by atoms with E-state index in [-0.39, 0.29) is 0 Å².